The van der Waals surface area contributed by atoms with Gasteiger partial charge in [-0.3, -0.25) is 4.79 Å². The fourth-order valence-corrected chi connectivity index (χ4v) is 3.03. The summed E-state index contributed by atoms with van der Waals surface area (Å²) in [7, 11) is 0. The SMILES string of the molecule is O=c1[nH]c(-c2ccc3c(c2)[nH]c2ccccc23)cs1. The quantitative estimate of drug-likeness (QED) is 0.541. The van der Waals surface area contributed by atoms with Gasteiger partial charge in [-0.15, -0.1) is 0 Å². The number of fused-ring (bicyclic) bond motifs is 3. The van der Waals surface area contributed by atoms with E-state index < -0.39 is 0 Å². The monoisotopic (exact) mass is 266 g/mol. The fraction of sp³-hybridized carbons (Fsp3) is 0. The molecule has 0 radical (unpaired) electrons. The molecule has 0 unspecified atom stereocenters. The topological polar surface area (TPSA) is 48.6 Å². The van der Waals surface area contributed by atoms with Gasteiger partial charge in [0.1, 0.15) is 0 Å². The molecule has 0 aliphatic heterocycles. The van der Waals surface area contributed by atoms with Crippen LogP contribution in [0.25, 0.3) is 33.1 Å². The molecule has 0 amide bonds. The van der Waals surface area contributed by atoms with Gasteiger partial charge in [0.2, 0.25) is 0 Å². The Morgan fingerprint density at radius 1 is 0.895 bits per heavy atom. The first-order valence-electron chi connectivity index (χ1n) is 6.00. The average Bonchev–Trinajstić information content (AvgIpc) is 3.01. The second-order valence-corrected chi connectivity index (χ2v) is 5.33. The molecule has 2 heterocycles. The number of nitrogens with one attached hydrogen (secondary N) is 2. The minimum atomic E-state index is -0.0215. The molecule has 0 fully saturated rings. The molecule has 4 aromatic rings. The van der Waals surface area contributed by atoms with Crippen molar-refractivity contribution in [3.63, 3.8) is 0 Å². The first-order valence-corrected chi connectivity index (χ1v) is 6.88. The molecule has 4 heteroatoms. The number of rotatable bonds is 1. The van der Waals surface area contributed by atoms with Crippen LogP contribution in [0.1, 0.15) is 0 Å². The Morgan fingerprint density at radius 3 is 2.58 bits per heavy atom. The number of aromatic nitrogens is 2. The third kappa shape index (κ3) is 1.61. The van der Waals surface area contributed by atoms with Crippen LogP contribution < -0.4 is 4.87 Å². The zero-order valence-corrected chi connectivity index (χ0v) is 10.8. The number of para-hydroxylation sites is 1. The first kappa shape index (κ1) is 10.6. The Bertz CT molecular complexity index is 945. The molecule has 0 spiro atoms. The molecule has 92 valence electrons. The van der Waals surface area contributed by atoms with Gasteiger partial charge in [-0.2, -0.15) is 0 Å². The highest BCUT2D eigenvalue weighted by atomic mass is 32.1. The van der Waals surface area contributed by atoms with Gasteiger partial charge >= 0.3 is 4.87 Å². The van der Waals surface area contributed by atoms with Gasteiger partial charge in [-0.1, -0.05) is 41.7 Å². The normalized spacial score (nSPS) is 11.4. The predicted octanol–water partition coefficient (Wildman–Crippen LogP) is 3.74. The van der Waals surface area contributed by atoms with Crippen LogP contribution in [0.15, 0.2) is 52.6 Å². The maximum atomic E-state index is 11.2. The summed E-state index contributed by atoms with van der Waals surface area (Å²) in [6.07, 6.45) is 0. The number of hydrogen-bond donors (Lipinski definition) is 2. The highest BCUT2D eigenvalue weighted by molar-refractivity contribution is 7.07. The van der Waals surface area contributed by atoms with Crippen LogP contribution in [0.4, 0.5) is 0 Å². The van der Waals surface area contributed by atoms with E-state index in [-0.39, 0.29) is 4.87 Å². The summed E-state index contributed by atoms with van der Waals surface area (Å²) < 4.78 is 0. The Kier molecular flexibility index (Phi) is 2.13. The second kappa shape index (κ2) is 3.83. The fourth-order valence-electron chi connectivity index (χ4n) is 2.44. The van der Waals surface area contributed by atoms with Crippen molar-refractivity contribution in [2.75, 3.05) is 0 Å². The van der Waals surface area contributed by atoms with E-state index in [1.54, 1.807) is 0 Å². The summed E-state index contributed by atoms with van der Waals surface area (Å²) in [5.74, 6) is 0. The van der Waals surface area contributed by atoms with E-state index in [4.69, 9.17) is 0 Å². The molecule has 2 aromatic heterocycles. The summed E-state index contributed by atoms with van der Waals surface area (Å²) in [6, 6.07) is 14.5. The predicted molar refractivity (Wildman–Crippen MR) is 79.7 cm³/mol. The van der Waals surface area contributed by atoms with Gasteiger partial charge in [-0.05, 0) is 12.1 Å². The lowest BCUT2D eigenvalue weighted by molar-refractivity contribution is 1.34. The summed E-state index contributed by atoms with van der Waals surface area (Å²) >= 11 is 1.19. The number of H-pyrrole nitrogens is 2. The zero-order chi connectivity index (χ0) is 12.8. The molecule has 0 bridgehead atoms. The van der Waals surface area contributed by atoms with Gasteiger partial charge in [-0.25, -0.2) is 0 Å². The van der Waals surface area contributed by atoms with Gasteiger partial charge in [0.15, 0.2) is 0 Å². The highest BCUT2D eigenvalue weighted by Crippen LogP contribution is 2.28. The highest BCUT2D eigenvalue weighted by Gasteiger charge is 2.06. The maximum Gasteiger partial charge on any atom is 0.304 e. The van der Waals surface area contributed by atoms with Crippen molar-refractivity contribution in [1.82, 2.24) is 9.97 Å². The van der Waals surface area contributed by atoms with Crippen molar-refractivity contribution >= 4 is 33.1 Å². The lowest BCUT2D eigenvalue weighted by Gasteiger charge is -1.97. The molecule has 0 aliphatic carbocycles. The smallest absolute Gasteiger partial charge is 0.304 e. The van der Waals surface area contributed by atoms with Crippen LogP contribution in [0.3, 0.4) is 0 Å². The first-order chi connectivity index (χ1) is 9.31. The van der Waals surface area contributed by atoms with Gasteiger partial charge < -0.3 is 9.97 Å². The number of thiazole rings is 1. The third-order valence-electron chi connectivity index (χ3n) is 3.34. The number of benzene rings is 2. The van der Waals surface area contributed by atoms with E-state index in [2.05, 4.69) is 34.2 Å². The van der Waals surface area contributed by atoms with E-state index in [0.717, 1.165) is 22.3 Å². The lowest BCUT2D eigenvalue weighted by atomic mass is 10.1. The van der Waals surface area contributed by atoms with E-state index in [9.17, 15) is 4.79 Å². The third-order valence-corrected chi connectivity index (χ3v) is 4.01. The second-order valence-electron chi connectivity index (χ2n) is 4.49. The van der Waals surface area contributed by atoms with Crippen molar-refractivity contribution in [2.45, 2.75) is 0 Å². The van der Waals surface area contributed by atoms with Crippen molar-refractivity contribution in [1.29, 1.82) is 0 Å². The Balaban J connectivity index is 2.01. The lowest BCUT2D eigenvalue weighted by Crippen LogP contribution is -1.92. The standard InChI is InChI=1S/C15H10N2OS/c18-15-17-14(8-19-15)9-5-6-11-10-3-1-2-4-12(10)16-13(11)7-9/h1-8,16H,(H,17,18). The molecule has 3 nitrogen and oxygen atoms in total. The van der Waals surface area contributed by atoms with E-state index in [1.807, 2.05) is 23.6 Å². The summed E-state index contributed by atoms with van der Waals surface area (Å²) in [4.78, 5) is 17.4. The van der Waals surface area contributed by atoms with Crippen LogP contribution >= 0.6 is 11.3 Å². The van der Waals surface area contributed by atoms with Crippen molar-refractivity contribution in [2.24, 2.45) is 0 Å². The van der Waals surface area contributed by atoms with E-state index in [0.29, 0.717) is 0 Å². The van der Waals surface area contributed by atoms with E-state index in [1.165, 1.54) is 22.1 Å². The Labute approximate surface area is 112 Å². The Morgan fingerprint density at radius 2 is 1.74 bits per heavy atom. The molecule has 0 atom stereocenters. The molecular formula is C15H10N2OS. The maximum absolute atomic E-state index is 11.2. The average molecular weight is 266 g/mol. The molecule has 0 saturated heterocycles. The summed E-state index contributed by atoms with van der Waals surface area (Å²) in [5.41, 5.74) is 4.12. The molecule has 0 aliphatic rings. The van der Waals surface area contributed by atoms with Crippen LogP contribution in [-0.4, -0.2) is 9.97 Å². The Hall–Kier alpha value is -2.33. The molecule has 2 aromatic carbocycles. The summed E-state index contributed by atoms with van der Waals surface area (Å²) in [5, 5.41) is 4.28. The van der Waals surface area contributed by atoms with Crippen LogP contribution in [-0.2, 0) is 0 Å². The van der Waals surface area contributed by atoms with E-state index >= 15 is 0 Å². The molecular weight excluding hydrogens is 256 g/mol. The number of hydrogen-bond acceptors (Lipinski definition) is 2. The largest absolute Gasteiger partial charge is 0.354 e. The molecule has 0 saturated carbocycles. The molecule has 2 N–H and O–H groups in total. The van der Waals surface area contributed by atoms with Gasteiger partial charge in [0, 0.05) is 32.7 Å². The minimum Gasteiger partial charge on any atom is -0.354 e. The zero-order valence-electron chi connectivity index (χ0n) is 9.94. The molecule has 19 heavy (non-hydrogen) atoms. The van der Waals surface area contributed by atoms with Gasteiger partial charge in [0.05, 0.1) is 5.69 Å². The summed E-state index contributed by atoms with van der Waals surface area (Å²) in [6.45, 7) is 0. The van der Waals surface area contributed by atoms with Crippen LogP contribution in [0, 0.1) is 0 Å². The minimum absolute atomic E-state index is 0.0215. The van der Waals surface area contributed by atoms with Gasteiger partial charge in [0.25, 0.3) is 0 Å². The number of aromatic amines is 2. The van der Waals surface area contributed by atoms with Crippen molar-refractivity contribution in [3.05, 3.63) is 57.5 Å². The molecule has 4 rings (SSSR count). The van der Waals surface area contributed by atoms with Crippen molar-refractivity contribution in [3.8, 4) is 11.3 Å². The van der Waals surface area contributed by atoms with Crippen LogP contribution in [0.5, 0.6) is 0 Å². The van der Waals surface area contributed by atoms with Crippen LogP contribution in [0.2, 0.25) is 0 Å². The van der Waals surface area contributed by atoms with Crippen molar-refractivity contribution < 1.29 is 0 Å².